The minimum atomic E-state index is -0.0855. The van der Waals surface area contributed by atoms with Crippen molar-refractivity contribution in [2.24, 2.45) is 0 Å². The van der Waals surface area contributed by atoms with Gasteiger partial charge in [-0.1, -0.05) is 159 Å². The van der Waals surface area contributed by atoms with Crippen molar-refractivity contribution in [3.05, 3.63) is 217 Å². The number of hydrogen-bond donors (Lipinski definition) is 0. The van der Waals surface area contributed by atoms with E-state index in [4.69, 9.17) is 0 Å². The number of nitrogens with zero attached hydrogens (tertiary/aromatic N) is 2. The molecule has 10 aromatic rings. The van der Waals surface area contributed by atoms with Crippen LogP contribution in [0.1, 0.15) is 25.0 Å². The normalized spacial score (nSPS) is 12.9. The summed E-state index contributed by atoms with van der Waals surface area (Å²) in [4.78, 5) is 2.43. The van der Waals surface area contributed by atoms with Crippen molar-refractivity contribution in [3.8, 4) is 39.1 Å². The monoisotopic (exact) mass is 728 g/mol. The first kappa shape index (κ1) is 33.2. The predicted molar refractivity (Wildman–Crippen MR) is 241 cm³/mol. The van der Waals surface area contributed by atoms with E-state index in [2.05, 4.69) is 230 Å². The number of benzene rings is 9. The van der Waals surface area contributed by atoms with E-state index in [1.54, 1.807) is 0 Å². The standard InChI is InChI=1S/C55H40N2/c1-55(2)49-21-9-5-19-48(49)54-47(20-13-22-50(54)55)46-18-8-10-23-51(46)56(41-30-28-38(29-31-41)40-27-26-37-14-3-4-15-39(37)36-40)42-32-34-43(35-33-42)57-52-24-11-6-16-44(52)45-17-7-12-25-53(45)57/h3-36H,1-2H3. The van der Waals surface area contributed by atoms with Gasteiger partial charge in [0, 0.05) is 38.8 Å². The molecule has 0 bridgehead atoms. The molecule has 0 fully saturated rings. The summed E-state index contributed by atoms with van der Waals surface area (Å²) >= 11 is 0. The Balaban J connectivity index is 1.08. The molecule has 2 nitrogen and oxygen atoms in total. The lowest BCUT2D eigenvalue weighted by molar-refractivity contribution is 0.660. The molecule has 2 heteroatoms. The van der Waals surface area contributed by atoms with Gasteiger partial charge in [0.1, 0.15) is 0 Å². The molecule has 0 N–H and O–H groups in total. The summed E-state index contributed by atoms with van der Waals surface area (Å²) < 4.78 is 2.39. The van der Waals surface area contributed by atoms with Gasteiger partial charge in [-0.2, -0.15) is 0 Å². The lowest BCUT2D eigenvalue weighted by Gasteiger charge is -2.29. The summed E-state index contributed by atoms with van der Waals surface area (Å²) in [6.45, 7) is 4.71. The summed E-state index contributed by atoms with van der Waals surface area (Å²) in [6.07, 6.45) is 0. The van der Waals surface area contributed by atoms with Crippen LogP contribution in [0.2, 0.25) is 0 Å². The molecule has 1 aliphatic rings. The lowest BCUT2D eigenvalue weighted by Crippen LogP contribution is -2.14. The van der Waals surface area contributed by atoms with Crippen molar-refractivity contribution < 1.29 is 0 Å². The smallest absolute Gasteiger partial charge is 0.0541 e. The molecule has 11 rings (SSSR count). The zero-order chi connectivity index (χ0) is 38.1. The first-order chi connectivity index (χ1) is 28.0. The lowest BCUT2D eigenvalue weighted by atomic mass is 9.82. The van der Waals surface area contributed by atoms with E-state index >= 15 is 0 Å². The van der Waals surface area contributed by atoms with Crippen LogP contribution in [0.15, 0.2) is 206 Å². The van der Waals surface area contributed by atoms with E-state index < -0.39 is 0 Å². The number of aromatic nitrogens is 1. The van der Waals surface area contributed by atoms with Gasteiger partial charge < -0.3 is 9.47 Å². The van der Waals surface area contributed by atoms with Crippen LogP contribution < -0.4 is 4.90 Å². The second-order valence-electron chi connectivity index (χ2n) is 15.7. The van der Waals surface area contributed by atoms with E-state index in [0.717, 1.165) is 22.7 Å². The Bertz CT molecular complexity index is 3090. The average molecular weight is 729 g/mol. The molecule has 57 heavy (non-hydrogen) atoms. The number of para-hydroxylation sites is 3. The Morgan fingerprint density at radius 1 is 0.404 bits per heavy atom. The van der Waals surface area contributed by atoms with Crippen LogP contribution >= 0.6 is 0 Å². The topological polar surface area (TPSA) is 8.17 Å². The third-order valence-corrected chi connectivity index (χ3v) is 12.2. The SMILES string of the molecule is CC1(C)c2ccccc2-c2c(-c3ccccc3N(c3ccc(-c4ccc5ccccc5c4)cc3)c3ccc(-n4c5ccccc5c5ccccc54)cc3)cccc21. The molecule has 270 valence electrons. The van der Waals surface area contributed by atoms with E-state index in [-0.39, 0.29) is 5.41 Å². The summed E-state index contributed by atoms with van der Waals surface area (Å²) in [6, 6.07) is 75.6. The molecule has 0 saturated carbocycles. The van der Waals surface area contributed by atoms with E-state index in [1.165, 1.54) is 77.1 Å². The number of fused-ring (bicyclic) bond motifs is 7. The second kappa shape index (κ2) is 13.0. The molecule has 0 amide bonds. The molecule has 0 spiro atoms. The molecule has 0 unspecified atom stereocenters. The van der Waals surface area contributed by atoms with Crippen molar-refractivity contribution in [2.45, 2.75) is 19.3 Å². The van der Waals surface area contributed by atoms with Gasteiger partial charge in [0.05, 0.1) is 16.7 Å². The molecule has 1 aromatic heterocycles. The van der Waals surface area contributed by atoms with Gasteiger partial charge in [-0.3, -0.25) is 0 Å². The molecule has 0 aliphatic heterocycles. The fourth-order valence-corrected chi connectivity index (χ4v) is 9.43. The van der Waals surface area contributed by atoms with Crippen LogP contribution in [0, 0.1) is 0 Å². The van der Waals surface area contributed by atoms with Crippen LogP contribution in [-0.2, 0) is 5.41 Å². The maximum absolute atomic E-state index is 2.43. The summed E-state index contributed by atoms with van der Waals surface area (Å²) in [5.41, 5.74) is 17.1. The van der Waals surface area contributed by atoms with Crippen LogP contribution in [0.5, 0.6) is 0 Å². The van der Waals surface area contributed by atoms with Crippen LogP contribution in [0.25, 0.3) is 71.6 Å². The second-order valence-corrected chi connectivity index (χ2v) is 15.7. The zero-order valence-electron chi connectivity index (χ0n) is 32.0. The van der Waals surface area contributed by atoms with Crippen molar-refractivity contribution in [1.29, 1.82) is 0 Å². The predicted octanol–water partition coefficient (Wildman–Crippen LogP) is 15.0. The van der Waals surface area contributed by atoms with Gasteiger partial charge in [-0.05, 0) is 110 Å². The van der Waals surface area contributed by atoms with Crippen molar-refractivity contribution in [3.63, 3.8) is 0 Å². The minimum Gasteiger partial charge on any atom is -0.310 e. The third kappa shape index (κ3) is 5.25. The third-order valence-electron chi connectivity index (χ3n) is 12.2. The minimum absolute atomic E-state index is 0.0855. The Hall–Kier alpha value is -7.16. The van der Waals surface area contributed by atoms with Crippen LogP contribution in [-0.4, -0.2) is 4.57 Å². The van der Waals surface area contributed by atoms with E-state index in [1.807, 2.05) is 0 Å². The first-order valence-electron chi connectivity index (χ1n) is 19.9. The zero-order valence-corrected chi connectivity index (χ0v) is 32.0. The molecule has 1 aliphatic carbocycles. The van der Waals surface area contributed by atoms with Crippen LogP contribution in [0.4, 0.5) is 17.1 Å². The maximum Gasteiger partial charge on any atom is 0.0541 e. The first-order valence-corrected chi connectivity index (χ1v) is 19.9. The van der Waals surface area contributed by atoms with Gasteiger partial charge in [0.25, 0.3) is 0 Å². The summed E-state index contributed by atoms with van der Waals surface area (Å²) in [5, 5.41) is 5.03. The quantitative estimate of drug-likeness (QED) is 0.165. The average Bonchev–Trinajstić information content (AvgIpc) is 3.73. The Morgan fingerprint density at radius 2 is 0.947 bits per heavy atom. The van der Waals surface area contributed by atoms with E-state index in [9.17, 15) is 0 Å². The van der Waals surface area contributed by atoms with Crippen molar-refractivity contribution in [1.82, 2.24) is 4.57 Å². The van der Waals surface area contributed by atoms with Gasteiger partial charge in [0.2, 0.25) is 0 Å². The summed E-state index contributed by atoms with van der Waals surface area (Å²) in [7, 11) is 0. The molecule has 0 saturated heterocycles. The summed E-state index contributed by atoms with van der Waals surface area (Å²) in [5.74, 6) is 0. The largest absolute Gasteiger partial charge is 0.310 e. The molecule has 9 aromatic carbocycles. The number of anilines is 3. The van der Waals surface area contributed by atoms with Crippen molar-refractivity contribution in [2.75, 3.05) is 4.90 Å². The molecule has 0 radical (unpaired) electrons. The highest BCUT2D eigenvalue weighted by Gasteiger charge is 2.37. The van der Waals surface area contributed by atoms with Gasteiger partial charge in [0.15, 0.2) is 0 Å². The van der Waals surface area contributed by atoms with Crippen LogP contribution in [0.3, 0.4) is 0 Å². The molecular formula is C55H40N2. The highest BCUT2D eigenvalue weighted by molar-refractivity contribution is 6.09. The number of hydrogen-bond acceptors (Lipinski definition) is 1. The molecule has 0 atom stereocenters. The van der Waals surface area contributed by atoms with Gasteiger partial charge in [-0.15, -0.1) is 0 Å². The Labute approximate surface area is 333 Å². The molecular weight excluding hydrogens is 689 g/mol. The van der Waals surface area contributed by atoms with Gasteiger partial charge >= 0.3 is 0 Å². The fraction of sp³-hybridized carbons (Fsp3) is 0.0545. The Morgan fingerprint density at radius 3 is 1.68 bits per heavy atom. The van der Waals surface area contributed by atoms with Gasteiger partial charge in [-0.25, -0.2) is 0 Å². The Kier molecular flexibility index (Phi) is 7.55. The highest BCUT2D eigenvalue weighted by atomic mass is 15.1. The fourth-order valence-electron chi connectivity index (χ4n) is 9.43. The van der Waals surface area contributed by atoms with Crippen molar-refractivity contribution >= 4 is 49.6 Å². The molecule has 1 heterocycles. The highest BCUT2D eigenvalue weighted by Crippen LogP contribution is 2.53. The maximum atomic E-state index is 2.43. The number of rotatable bonds is 6. The van der Waals surface area contributed by atoms with E-state index in [0.29, 0.717) is 0 Å².